The molecule has 0 saturated heterocycles. The molecule has 1 aliphatic rings. The van der Waals surface area contributed by atoms with Gasteiger partial charge in [0, 0.05) is 38.9 Å². The summed E-state index contributed by atoms with van der Waals surface area (Å²) in [5.74, 6) is 1.50. The van der Waals surface area contributed by atoms with Crippen molar-refractivity contribution in [3.05, 3.63) is 41.2 Å². The van der Waals surface area contributed by atoms with Gasteiger partial charge in [-0.3, -0.25) is 0 Å². The van der Waals surface area contributed by atoms with Crippen LogP contribution in [0.3, 0.4) is 0 Å². The molecule has 5 nitrogen and oxygen atoms in total. The summed E-state index contributed by atoms with van der Waals surface area (Å²) < 4.78 is 5.15. The fraction of sp³-hybridized carbons (Fsp3) is 0.333. The smallest absolute Gasteiger partial charge is 0.157 e. The molecule has 3 rings (SSSR count). The zero-order valence-corrected chi connectivity index (χ0v) is 11.7. The number of aromatic nitrogens is 2. The first-order valence-electron chi connectivity index (χ1n) is 6.68. The third-order valence-corrected chi connectivity index (χ3v) is 3.47. The van der Waals surface area contributed by atoms with E-state index in [1.54, 1.807) is 7.11 Å². The van der Waals surface area contributed by atoms with Crippen molar-refractivity contribution in [1.29, 1.82) is 0 Å². The lowest BCUT2D eigenvalue weighted by Crippen LogP contribution is -2.04. The second-order valence-corrected chi connectivity index (χ2v) is 4.78. The molecule has 2 heterocycles. The second-order valence-electron chi connectivity index (χ2n) is 4.78. The van der Waals surface area contributed by atoms with E-state index in [0.29, 0.717) is 12.4 Å². The summed E-state index contributed by atoms with van der Waals surface area (Å²) in [5.41, 5.74) is 4.79. The van der Waals surface area contributed by atoms with Crippen molar-refractivity contribution >= 4 is 5.82 Å². The van der Waals surface area contributed by atoms with E-state index in [-0.39, 0.29) is 0 Å². The van der Waals surface area contributed by atoms with E-state index in [4.69, 9.17) is 4.74 Å². The predicted molar refractivity (Wildman–Crippen MR) is 78.3 cm³/mol. The minimum absolute atomic E-state index is 0.412. The van der Waals surface area contributed by atoms with Crippen molar-refractivity contribution in [2.45, 2.75) is 19.7 Å². The van der Waals surface area contributed by atoms with Gasteiger partial charge in [0.15, 0.2) is 5.82 Å². The fourth-order valence-corrected chi connectivity index (χ4v) is 2.53. The normalized spacial score (nSPS) is 13.3. The highest BCUT2D eigenvalue weighted by Crippen LogP contribution is 2.29. The van der Waals surface area contributed by atoms with Gasteiger partial charge in [-0.25, -0.2) is 9.97 Å². The quantitative estimate of drug-likeness (QED) is 0.889. The third-order valence-electron chi connectivity index (χ3n) is 3.47. The molecule has 0 amide bonds. The summed E-state index contributed by atoms with van der Waals surface area (Å²) in [5, 5.41) is 6.46. The van der Waals surface area contributed by atoms with E-state index >= 15 is 0 Å². The first kappa shape index (κ1) is 13.0. The number of nitrogens with one attached hydrogen (secondary N) is 2. The molecule has 5 heteroatoms. The zero-order valence-electron chi connectivity index (χ0n) is 11.7. The molecule has 104 valence electrons. The summed E-state index contributed by atoms with van der Waals surface area (Å²) in [4.78, 5) is 9.01. The summed E-state index contributed by atoms with van der Waals surface area (Å²) >= 11 is 0. The van der Waals surface area contributed by atoms with E-state index < -0.39 is 0 Å². The largest absolute Gasteiger partial charge is 0.377 e. The average Bonchev–Trinajstić information content (AvgIpc) is 2.95. The molecule has 0 fully saturated rings. The molecule has 1 aromatic heterocycles. The maximum absolute atomic E-state index is 5.15. The summed E-state index contributed by atoms with van der Waals surface area (Å²) in [6, 6.07) is 8.34. The van der Waals surface area contributed by atoms with Crippen molar-refractivity contribution in [1.82, 2.24) is 15.3 Å². The predicted octanol–water partition coefficient (Wildman–Crippen LogP) is 1.93. The number of rotatable bonds is 4. The van der Waals surface area contributed by atoms with E-state index in [1.165, 1.54) is 16.7 Å². The van der Waals surface area contributed by atoms with E-state index in [9.17, 15) is 0 Å². The van der Waals surface area contributed by atoms with Gasteiger partial charge in [-0.15, -0.1) is 0 Å². The van der Waals surface area contributed by atoms with E-state index in [0.717, 1.165) is 24.6 Å². The van der Waals surface area contributed by atoms with Gasteiger partial charge in [0.2, 0.25) is 0 Å². The Bertz CT molecular complexity index is 627. The molecular weight excluding hydrogens is 252 g/mol. The topological polar surface area (TPSA) is 59.1 Å². The van der Waals surface area contributed by atoms with Crippen LogP contribution in [0.1, 0.15) is 17.0 Å². The Morgan fingerprint density at radius 1 is 1.30 bits per heavy atom. The highest BCUT2D eigenvalue weighted by Gasteiger charge is 2.16. The van der Waals surface area contributed by atoms with Gasteiger partial charge in [-0.2, -0.15) is 0 Å². The monoisotopic (exact) mass is 270 g/mol. The van der Waals surface area contributed by atoms with Crippen LogP contribution in [-0.2, 0) is 24.4 Å². The lowest BCUT2D eigenvalue weighted by Gasteiger charge is -2.10. The molecule has 0 radical (unpaired) electrons. The Balaban J connectivity index is 2.10. The Kier molecular flexibility index (Phi) is 3.62. The molecule has 0 spiro atoms. The van der Waals surface area contributed by atoms with Crippen LogP contribution < -0.4 is 10.6 Å². The highest BCUT2D eigenvalue weighted by molar-refractivity contribution is 5.68. The van der Waals surface area contributed by atoms with Crippen molar-refractivity contribution in [3.63, 3.8) is 0 Å². The minimum atomic E-state index is 0.412. The molecule has 2 aromatic rings. The molecule has 0 bridgehead atoms. The van der Waals surface area contributed by atoms with Crippen molar-refractivity contribution in [3.8, 4) is 11.3 Å². The van der Waals surface area contributed by atoms with Crippen LogP contribution in [0.25, 0.3) is 11.3 Å². The summed E-state index contributed by atoms with van der Waals surface area (Å²) in [6.45, 7) is 2.23. The van der Waals surface area contributed by atoms with Crippen molar-refractivity contribution < 1.29 is 4.74 Å². The standard InChI is InChI=1S/C15H18N4O/c1-16-14-6-13(18-15(19-14)9-20-2)11-5-3-4-10-7-17-8-12(10)11/h3-6,17H,7-9H2,1-2H3,(H,16,18,19). The first-order chi connectivity index (χ1) is 9.81. The van der Waals surface area contributed by atoms with Gasteiger partial charge in [0.25, 0.3) is 0 Å². The number of methoxy groups -OCH3 is 1. The van der Waals surface area contributed by atoms with Crippen LogP contribution in [-0.4, -0.2) is 24.1 Å². The Morgan fingerprint density at radius 3 is 3.00 bits per heavy atom. The third kappa shape index (κ3) is 2.37. The second kappa shape index (κ2) is 5.56. The number of benzene rings is 1. The maximum Gasteiger partial charge on any atom is 0.157 e. The van der Waals surface area contributed by atoms with E-state index in [1.807, 2.05) is 13.1 Å². The van der Waals surface area contributed by atoms with Gasteiger partial charge in [-0.05, 0) is 11.1 Å². The van der Waals surface area contributed by atoms with Gasteiger partial charge in [-0.1, -0.05) is 18.2 Å². The number of hydrogen-bond donors (Lipinski definition) is 2. The molecule has 0 saturated carbocycles. The molecule has 0 unspecified atom stereocenters. The maximum atomic E-state index is 5.15. The molecule has 0 aliphatic carbocycles. The number of ether oxygens (including phenoxy) is 1. The van der Waals surface area contributed by atoms with Crippen LogP contribution in [0.15, 0.2) is 24.3 Å². The Morgan fingerprint density at radius 2 is 2.20 bits per heavy atom. The lowest BCUT2D eigenvalue weighted by molar-refractivity contribution is 0.178. The highest BCUT2D eigenvalue weighted by atomic mass is 16.5. The van der Waals surface area contributed by atoms with Crippen LogP contribution in [0, 0.1) is 0 Å². The zero-order chi connectivity index (χ0) is 13.9. The van der Waals surface area contributed by atoms with Gasteiger partial charge >= 0.3 is 0 Å². The number of fused-ring (bicyclic) bond motifs is 1. The number of hydrogen-bond acceptors (Lipinski definition) is 5. The Labute approximate surface area is 118 Å². The molecule has 2 N–H and O–H groups in total. The van der Waals surface area contributed by atoms with Gasteiger partial charge in [0.05, 0.1) is 5.69 Å². The Hall–Kier alpha value is -1.98. The molecule has 0 atom stereocenters. The number of nitrogens with zero attached hydrogens (tertiary/aromatic N) is 2. The summed E-state index contributed by atoms with van der Waals surface area (Å²) in [6.07, 6.45) is 0. The van der Waals surface area contributed by atoms with Crippen LogP contribution in [0.5, 0.6) is 0 Å². The summed E-state index contributed by atoms with van der Waals surface area (Å²) in [7, 11) is 3.51. The van der Waals surface area contributed by atoms with Gasteiger partial charge in [0.1, 0.15) is 12.4 Å². The molecule has 1 aromatic carbocycles. The van der Waals surface area contributed by atoms with Crippen molar-refractivity contribution in [2.24, 2.45) is 0 Å². The van der Waals surface area contributed by atoms with E-state index in [2.05, 4.69) is 38.8 Å². The average molecular weight is 270 g/mol. The number of anilines is 1. The van der Waals surface area contributed by atoms with Crippen LogP contribution in [0.4, 0.5) is 5.82 Å². The SMILES string of the molecule is CNc1cc(-c2cccc3c2CNC3)nc(COC)n1. The molecular formula is C15H18N4O. The lowest BCUT2D eigenvalue weighted by atomic mass is 10.0. The molecule has 1 aliphatic heterocycles. The van der Waals surface area contributed by atoms with Gasteiger partial charge < -0.3 is 15.4 Å². The van der Waals surface area contributed by atoms with Crippen molar-refractivity contribution in [2.75, 3.05) is 19.5 Å². The minimum Gasteiger partial charge on any atom is -0.377 e. The fourth-order valence-electron chi connectivity index (χ4n) is 2.53. The van der Waals surface area contributed by atoms with Crippen LogP contribution >= 0.6 is 0 Å². The molecule has 20 heavy (non-hydrogen) atoms. The van der Waals surface area contributed by atoms with Crippen LogP contribution in [0.2, 0.25) is 0 Å². The first-order valence-corrected chi connectivity index (χ1v) is 6.68.